The Kier molecular flexibility index (Phi) is 12.6. The first-order chi connectivity index (χ1) is 31.9. The van der Waals surface area contributed by atoms with Gasteiger partial charge >= 0.3 is 6.01 Å². The number of hydrogen-bond donors (Lipinski definition) is 2. The van der Waals surface area contributed by atoms with Gasteiger partial charge < -0.3 is 29.1 Å². The monoisotopic (exact) mass is 919 g/mol. The molecular formula is C48H47ClFN7O9. The van der Waals surface area contributed by atoms with Crippen molar-refractivity contribution in [1.29, 1.82) is 0 Å². The SMILES string of the molecule is C=CC(=O)N1CCN(c2nc(O[C@H](C)CN3CCC(OCCOc4ccc5c(c4)C(=O)N(C4CCC(=O)NC4=O)C5=O)CC3)nc3c(F)c(-c4cc(O)cc5ccccc45)c(Cl)cc23)CC1. The number of carbonyl (C=O) groups is 5. The molecule has 0 aliphatic carbocycles. The van der Waals surface area contributed by atoms with E-state index in [1.165, 1.54) is 24.3 Å². The van der Waals surface area contributed by atoms with Gasteiger partial charge in [-0.2, -0.15) is 9.97 Å². The maximum atomic E-state index is 17.1. The number of anilines is 1. The van der Waals surface area contributed by atoms with E-state index in [2.05, 4.69) is 21.8 Å². The lowest BCUT2D eigenvalue weighted by Gasteiger charge is -2.35. The summed E-state index contributed by atoms with van der Waals surface area (Å²) in [5.74, 6) is -2.36. The third-order valence-corrected chi connectivity index (χ3v) is 12.8. The number of piperidine rings is 2. The topological polar surface area (TPSA) is 184 Å². The fourth-order valence-electron chi connectivity index (χ4n) is 9.22. The summed E-state index contributed by atoms with van der Waals surface area (Å²) in [6, 6.07) is 15.6. The van der Waals surface area contributed by atoms with Crippen LogP contribution in [0.15, 0.2) is 73.3 Å². The Morgan fingerprint density at radius 1 is 0.924 bits per heavy atom. The molecule has 342 valence electrons. The second kappa shape index (κ2) is 18.7. The maximum absolute atomic E-state index is 17.1. The third kappa shape index (κ3) is 8.85. The average molecular weight is 920 g/mol. The van der Waals surface area contributed by atoms with E-state index in [4.69, 9.17) is 30.8 Å². The number of fused-ring (bicyclic) bond motifs is 3. The number of ether oxygens (including phenoxy) is 3. The Morgan fingerprint density at radius 3 is 2.44 bits per heavy atom. The van der Waals surface area contributed by atoms with E-state index in [-0.39, 0.29) is 70.4 Å². The molecule has 2 N–H and O–H groups in total. The van der Waals surface area contributed by atoms with Crippen LogP contribution >= 0.6 is 11.6 Å². The molecule has 0 saturated carbocycles. The molecule has 1 unspecified atom stereocenters. The van der Waals surface area contributed by atoms with E-state index in [1.807, 2.05) is 36.1 Å². The lowest BCUT2D eigenvalue weighted by Crippen LogP contribution is -2.54. The number of nitrogens with zero attached hydrogens (tertiary/aromatic N) is 6. The number of phenolic OH excluding ortho intramolecular Hbond substituents is 1. The molecule has 18 heteroatoms. The van der Waals surface area contributed by atoms with Crippen molar-refractivity contribution in [2.75, 3.05) is 63.9 Å². The number of imide groups is 2. The second-order valence-electron chi connectivity index (χ2n) is 16.8. The number of hydrogen-bond acceptors (Lipinski definition) is 13. The lowest BCUT2D eigenvalue weighted by molar-refractivity contribution is -0.136. The van der Waals surface area contributed by atoms with Crippen molar-refractivity contribution in [1.82, 2.24) is 30.0 Å². The predicted octanol–water partition coefficient (Wildman–Crippen LogP) is 5.51. The minimum absolute atomic E-state index is 0.00765. The summed E-state index contributed by atoms with van der Waals surface area (Å²) in [7, 11) is 0. The highest BCUT2D eigenvalue weighted by atomic mass is 35.5. The van der Waals surface area contributed by atoms with Gasteiger partial charge in [0.15, 0.2) is 5.82 Å². The van der Waals surface area contributed by atoms with E-state index < -0.39 is 41.6 Å². The van der Waals surface area contributed by atoms with E-state index in [0.29, 0.717) is 67.2 Å². The molecule has 5 aromatic rings. The lowest BCUT2D eigenvalue weighted by atomic mass is 9.96. The minimum atomic E-state index is -1.04. The Labute approximate surface area is 383 Å². The van der Waals surface area contributed by atoms with Crippen LogP contribution in [0.5, 0.6) is 17.5 Å². The van der Waals surface area contributed by atoms with E-state index in [9.17, 15) is 29.1 Å². The number of phenols is 1. The molecule has 66 heavy (non-hydrogen) atoms. The number of halogens is 2. The molecule has 2 atom stereocenters. The van der Waals surface area contributed by atoms with Crippen LogP contribution in [0.4, 0.5) is 10.2 Å². The van der Waals surface area contributed by atoms with E-state index >= 15 is 4.39 Å². The molecule has 0 spiro atoms. The highest BCUT2D eigenvalue weighted by molar-refractivity contribution is 6.35. The first-order valence-electron chi connectivity index (χ1n) is 21.9. The first kappa shape index (κ1) is 44.5. The number of carbonyl (C=O) groups excluding carboxylic acids is 5. The van der Waals surface area contributed by atoms with E-state index in [0.717, 1.165) is 36.2 Å². The van der Waals surface area contributed by atoms with Crippen LogP contribution in [0.25, 0.3) is 32.8 Å². The van der Waals surface area contributed by atoms with Crippen LogP contribution in [-0.2, 0) is 19.1 Å². The molecule has 0 bridgehead atoms. The van der Waals surface area contributed by atoms with Gasteiger partial charge in [0.1, 0.15) is 41.6 Å². The van der Waals surface area contributed by atoms with Crippen LogP contribution < -0.4 is 19.7 Å². The smallest absolute Gasteiger partial charge is 0.319 e. The zero-order valence-corrected chi connectivity index (χ0v) is 36.9. The second-order valence-corrected chi connectivity index (χ2v) is 17.2. The number of aromatic hydroxyl groups is 1. The molecule has 9 rings (SSSR count). The summed E-state index contributed by atoms with van der Waals surface area (Å²) in [4.78, 5) is 78.9. The molecule has 3 saturated heterocycles. The van der Waals surface area contributed by atoms with Gasteiger partial charge in [0.05, 0.1) is 28.9 Å². The molecule has 16 nitrogen and oxygen atoms in total. The number of aromatic nitrogens is 2. The Balaban J connectivity index is 0.829. The molecule has 5 heterocycles. The Bertz CT molecular complexity index is 2790. The summed E-state index contributed by atoms with van der Waals surface area (Å²) in [6.45, 7) is 9.69. The predicted molar refractivity (Wildman–Crippen MR) is 242 cm³/mol. The van der Waals surface area contributed by atoms with Crippen molar-refractivity contribution in [3.63, 3.8) is 0 Å². The van der Waals surface area contributed by atoms with Crippen molar-refractivity contribution >= 4 is 68.6 Å². The number of rotatable bonds is 13. The molecule has 4 aliphatic rings. The highest BCUT2D eigenvalue weighted by Crippen LogP contribution is 2.43. The largest absolute Gasteiger partial charge is 0.508 e. The average Bonchev–Trinajstić information content (AvgIpc) is 3.55. The van der Waals surface area contributed by atoms with Crippen molar-refractivity contribution < 1.29 is 47.7 Å². The summed E-state index contributed by atoms with van der Waals surface area (Å²) in [6.07, 6.45) is 2.52. The normalized spacial score (nSPS) is 18.8. The van der Waals surface area contributed by atoms with Crippen molar-refractivity contribution in [3.05, 3.63) is 95.3 Å². The van der Waals surface area contributed by atoms with Gasteiger partial charge in [-0.15, -0.1) is 0 Å². The highest BCUT2D eigenvalue weighted by Gasteiger charge is 2.45. The molecule has 3 fully saturated rings. The number of likely N-dealkylation sites (tertiary alicyclic amines) is 1. The van der Waals surface area contributed by atoms with Crippen LogP contribution in [-0.4, -0.2) is 137 Å². The number of amides is 5. The van der Waals surface area contributed by atoms with Gasteiger partial charge in [-0.25, -0.2) is 4.39 Å². The Morgan fingerprint density at radius 2 is 1.68 bits per heavy atom. The van der Waals surface area contributed by atoms with Gasteiger partial charge in [-0.05, 0) is 85.0 Å². The van der Waals surface area contributed by atoms with Gasteiger partial charge in [-0.1, -0.05) is 42.4 Å². The van der Waals surface area contributed by atoms with Crippen molar-refractivity contribution in [3.8, 4) is 28.6 Å². The molecular weight excluding hydrogens is 873 g/mol. The summed E-state index contributed by atoms with van der Waals surface area (Å²) in [5, 5.41) is 14.8. The van der Waals surface area contributed by atoms with Crippen LogP contribution in [0.1, 0.15) is 53.3 Å². The van der Waals surface area contributed by atoms with Gasteiger partial charge in [0, 0.05) is 63.2 Å². The number of nitrogens with one attached hydrogen (secondary N) is 1. The molecule has 4 aromatic carbocycles. The summed E-state index contributed by atoms with van der Waals surface area (Å²) < 4.78 is 35.4. The van der Waals surface area contributed by atoms with Crippen LogP contribution in [0.3, 0.4) is 0 Å². The van der Waals surface area contributed by atoms with Crippen molar-refractivity contribution in [2.24, 2.45) is 0 Å². The fourth-order valence-corrected chi connectivity index (χ4v) is 9.52. The zero-order chi connectivity index (χ0) is 46.2. The number of piperazine rings is 1. The fraction of sp³-hybridized carbons (Fsp3) is 0.354. The van der Waals surface area contributed by atoms with Gasteiger partial charge in [0.2, 0.25) is 17.7 Å². The standard InChI is InChI=1S/C48H47ClFN7O9/c1-3-40(60)55-16-18-56(19-17-55)44-36-25-37(49)41(34-23-29(58)22-28-6-4-5-7-32(28)34)42(50)43(36)52-48(53-44)66-27(2)26-54-14-12-30(13-15-54)64-20-21-65-31-8-9-33-35(24-31)47(63)57(46(33)62)38-10-11-39(59)51-45(38)61/h3-9,22-25,27,30,38,58H,1,10-21,26H2,2H3,(H,51,59,61)/t27-,38?/m1/s1. The molecule has 5 amide bonds. The summed E-state index contributed by atoms with van der Waals surface area (Å²) >= 11 is 6.90. The van der Waals surface area contributed by atoms with E-state index in [1.54, 1.807) is 23.1 Å². The quantitative estimate of drug-likeness (QED) is 0.0858. The molecule has 1 aromatic heterocycles. The van der Waals surface area contributed by atoms with Crippen LogP contribution in [0, 0.1) is 5.82 Å². The third-order valence-electron chi connectivity index (χ3n) is 12.5. The van der Waals surface area contributed by atoms with Crippen molar-refractivity contribution in [2.45, 2.75) is 50.9 Å². The molecule has 4 aliphatic heterocycles. The summed E-state index contributed by atoms with van der Waals surface area (Å²) in [5.41, 5.74) is 0.839. The molecule has 0 radical (unpaired) electrons. The van der Waals surface area contributed by atoms with Gasteiger partial charge in [0.25, 0.3) is 11.8 Å². The Hall–Kier alpha value is -6.69. The van der Waals surface area contributed by atoms with Gasteiger partial charge in [-0.3, -0.25) is 39.1 Å². The minimum Gasteiger partial charge on any atom is -0.508 e. The number of benzene rings is 4. The first-order valence-corrected chi connectivity index (χ1v) is 22.3. The maximum Gasteiger partial charge on any atom is 0.319 e. The van der Waals surface area contributed by atoms with Crippen LogP contribution in [0.2, 0.25) is 5.02 Å². The zero-order valence-electron chi connectivity index (χ0n) is 36.1.